The highest BCUT2D eigenvalue weighted by atomic mass is 16.6. The number of para-hydroxylation sites is 1. The molecule has 1 saturated carbocycles. The van der Waals surface area contributed by atoms with Gasteiger partial charge in [-0.25, -0.2) is 4.79 Å². The number of amides is 1. The van der Waals surface area contributed by atoms with Crippen molar-refractivity contribution in [2.45, 2.75) is 57.8 Å². The molecule has 0 saturated heterocycles. The number of alkyl carbamates (subject to hydrolysis) is 1. The minimum atomic E-state index is -0.488. The molecule has 0 radical (unpaired) electrons. The van der Waals surface area contributed by atoms with Gasteiger partial charge in [0.15, 0.2) is 11.5 Å². The standard InChI is InChI=1S/C16H24N2O4/c1-16(2,3)22-15(21)18-12-7-11(8-12)17-9-10-5-4-6-13(19)14(10)20/h4-6,11-12,17,19-20H,7-9H2,1-3H3,(H,18,21). The fourth-order valence-electron chi connectivity index (χ4n) is 2.35. The van der Waals surface area contributed by atoms with Gasteiger partial charge in [-0.05, 0) is 39.7 Å². The molecule has 0 bridgehead atoms. The third-order valence-electron chi connectivity index (χ3n) is 3.54. The normalized spacial score (nSPS) is 21.0. The number of phenolic OH excluding ortho intramolecular Hbond substituents is 2. The summed E-state index contributed by atoms with van der Waals surface area (Å²) in [6.07, 6.45) is 1.25. The fraction of sp³-hybridized carbons (Fsp3) is 0.562. The van der Waals surface area contributed by atoms with Gasteiger partial charge in [-0.1, -0.05) is 12.1 Å². The smallest absolute Gasteiger partial charge is 0.407 e. The van der Waals surface area contributed by atoms with Gasteiger partial charge in [0.2, 0.25) is 0 Å². The quantitative estimate of drug-likeness (QED) is 0.640. The molecule has 0 unspecified atom stereocenters. The summed E-state index contributed by atoms with van der Waals surface area (Å²) in [5.74, 6) is -0.199. The second-order valence-corrected chi connectivity index (χ2v) is 6.68. The van der Waals surface area contributed by atoms with Crippen LogP contribution in [0.1, 0.15) is 39.2 Å². The summed E-state index contributed by atoms with van der Waals surface area (Å²) in [6, 6.07) is 5.30. The van der Waals surface area contributed by atoms with Crippen LogP contribution < -0.4 is 10.6 Å². The van der Waals surface area contributed by atoms with Gasteiger partial charge in [0.25, 0.3) is 0 Å². The van der Waals surface area contributed by atoms with Crippen molar-refractivity contribution in [3.05, 3.63) is 23.8 Å². The Bertz CT molecular complexity index is 533. The molecule has 1 aliphatic rings. The minimum absolute atomic E-state index is 0.0854. The van der Waals surface area contributed by atoms with E-state index in [1.54, 1.807) is 12.1 Å². The summed E-state index contributed by atoms with van der Waals surface area (Å²) in [5.41, 5.74) is 0.168. The molecular weight excluding hydrogens is 284 g/mol. The number of hydrogen-bond acceptors (Lipinski definition) is 5. The summed E-state index contributed by atoms with van der Waals surface area (Å²) in [5, 5.41) is 25.3. The number of hydrogen-bond donors (Lipinski definition) is 4. The second kappa shape index (κ2) is 6.44. The average Bonchev–Trinajstić information content (AvgIpc) is 2.34. The van der Waals surface area contributed by atoms with Crippen LogP contribution in [0.15, 0.2) is 18.2 Å². The summed E-state index contributed by atoms with van der Waals surface area (Å²) >= 11 is 0. The number of phenols is 2. The largest absolute Gasteiger partial charge is 0.504 e. The van der Waals surface area contributed by atoms with Crippen molar-refractivity contribution in [1.29, 1.82) is 0 Å². The number of ether oxygens (including phenoxy) is 1. The van der Waals surface area contributed by atoms with Crippen LogP contribution >= 0.6 is 0 Å². The zero-order valence-corrected chi connectivity index (χ0v) is 13.2. The number of aromatic hydroxyl groups is 2. The van der Waals surface area contributed by atoms with Crippen LogP contribution in [-0.4, -0.2) is 34.0 Å². The number of rotatable bonds is 4. The molecule has 1 aliphatic carbocycles. The van der Waals surface area contributed by atoms with Crippen molar-refractivity contribution < 1.29 is 19.7 Å². The van der Waals surface area contributed by atoms with Crippen molar-refractivity contribution in [2.75, 3.05) is 0 Å². The summed E-state index contributed by atoms with van der Waals surface area (Å²) in [4.78, 5) is 11.6. The third kappa shape index (κ3) is 4.53. The first-order valence-corrected chi connectivity index (χ1v) is 7.47. The molecule has 0 atom stereocenters. The lowest BCUT2D eigenvalue weighted by atomic mass is 9.86. The van der Waals surface area contributed by atoms with Crippen molar-refractivity contribution in [1.82, 2.24) is 10.6 Å². The highest BCUT2D eigenvalue weighted by Gasteiger charge is 2.31. The van der Waals surface area contributed by atoms with Gasteiger partial charge in [-0.15, -0.1) is 0 Å². The molecular formula is C16H24N2O4. The van der Waals surface area contributed by atoms with Crippen LogP contribution in [0, 0.1) is 0 Å². The number of benzene rings is 1. The first kappa shape index (κ1) is 16.4. The van der Waals surface area contributed by atoms with E-state index in [0.717, 1.165) is 12.8 Å². The van der Waals surface area contributed by atoms with Crippen molar-refractivity contribution in [3.8, 4) is 11.5 Å². The van der Waals surface area contributed by atoms with Crippen LogP contribution in [0.4, 0.5) is 4.79 Å². The van der Waals surface area contributed by atoms with E-state index >= 15 is 0 Å². The van der Waals surface area contributed by atoms with Gasteiger partial charge in [0.1, 0.15) is 5.60 Å². The molecule has 1 aromatic carbocycles. The average molecular weight is 308 g/mol. The van der Waals surface area contributed by atoms with Crippen molar-refractivity contribution in [2.24, 2.45) is 0 Å². The van der Waals surface area contributed by atoms with E-state index in [-0.39, 0.29) is 29.7 Å². The van der Waals surface area contributed by atoms with Gasteiger partial charge < -0.3 is 25.6 Å². The van der Waals surface area contributed by atoms with Crippen molar-refractivity contribution >= 4 is 6.09 Å². The molecule has 0 aromatic heterocycles. The fourth-order valence-corrected chi connectivity index (χ4v) is 2.35. The van der Waals surface area contributed by atoms with E-state index in [9.17, 15) is 15.0 Å². The monoisotopic (exact) mass is 308 g/mol. The van der Waals surface area contributed by atoms with Gasteiger partial charge in [-0.3, -0.25) is 0 Å². The summed E-state index contributed by atoms with van der Waals surface area (Å²) in [7, 11) is 0. The van der Waals surface area contributed by atoms with Gasteiger partial charge >= 0.3 is 6.09 Å². The van der Waals surface area contributed by atoms with E-state index in [1.807, 2.05) is 20.8 Å². The Morgan fingerprint density at radius 1 is 1.27 bits per heavy atom. The lowest BCUT2D eigenvalue weighted by molar-refractivity contribution is 0.0465. The Hall–Kier alpha value is -1.95. The van der Waals surface area contributed by atoms with Crippen LogP contribution in [-0.2, 0) is 11.3 Å². The predicted octanol–water partition coefficient (Wildman–Crippen LogP) is 2.24. The maximum absolute atomic E-state index is 11.6. The van der Waals surface area contributed by atoms with E-state index in [2.05, 4.69) is 10.6 Å². The Kier molecular flexibility index (Phi) is 4.81. The van der Waals surface area contributed by atoms with E-state index in [0.29, 0.717) is 12.1 Å². The summed E-state index contributed by atoms with van der Waals surface area (Å²) in [6.45, 7) is 5.97. The Balaban J connectivity index is 1.69. The van der Waals surface area contributed by atoms with Gasteiger partial charge in [-0.2, -0.15) is 0 Å². The molecule has 2 rings (SSSR count). The molecule has 6 heteroatoms. The molecule has 1 amide bonds. The Morgan fingerprint density at radius 3 is 2.59 bits per heavy atom. The van der Waals surface area contributed by atoms with E-state index in [4.69, 9.17) is 4.74 Å². The SMILES string of the molecule is CC(C)(C)OC(=O)NC1CC(NCc2cccc(O)c2O)C1. The number of carbonyl (C=O) groups is 1. The number of nitrogens with one attached hydrogen (secondary N) is 2. The zero-order valence-electron chi connectivity index (χ0n) is 13.2. The molecule has 0 aliphatic heterocycles. The second-order valence-electron chi connectivity index (χ2n) is 6.68. The number of carbonyl (C=O) groups excluding carboxylic acids is 1. The Morgan fingerprint density at radius 2 is 1.95 bits per heavy atom. The van der Waals surface area contributed by atoms with Crippen molar-refractivity contribution in [3.63, 3.8) is 0 Å². The molecule has 1 fully saturated rings. The molecule has 122 valence electrons. The van der Waals surface area contributed by atoms with E-state index in [1.165, 1.54) is 6.07 Å². The predicted molar refractivity (Wildman–Crippen MR) is 82.8 cm³/mol. The third-order valence-corrected chi connectivity index (χ3v) is 3.54. The molecule has 0 heterocycles. The van der Waals surface area contributed by atoms with Crippen LogP contribution in [0.3, 0.4) is 0 Å². The molecule has 6 nitrogen and oxygen atoms in total. The summed E-state index contributed by atoms with van der Waals surface area (Å²) < 4.78 is 5.21. The molecule has 1 aromatic rings. The maximum atomic E-state index is 11.6. The highest BCUT2D eigenvalue weighted by molar-refractivity contribution is 5.68. The van der Waals surface area contributed by atoms with E-state index < -0.39 is 5.60 Å². The molecule has 4 N–H and O–H groups in total. The Labute approximate surface area is 130 Å². The zero-order chi connectivity index (χ0) is 16.3. The first-order valence-electron chi connectivity index (χ1n) is 7.47. The van der Waals surface area contributed by atoms with Gasteiger partial charge in [0.05, 0.1) is 0 Å². The topological polar surface area (TPSA) is 90.8 Å². The van der Waals surface area contributed by atoms with Crippen LogP contribution in [0.2, 0.25) is 0 Å². The van der Waals surface area contributed by atoms with Gasteiger partial charge in [0, 0.05) is 24.2 Å². The van der Waals surface area contributed by atoms with Crippen LogP contribution in [0.5, 0.6) is 11.5 Å². The highest BCUT2D eigenvalue weighted by Crippen LogP contribution is 2.29. The first-order chi connectivity index (χ1) is 10.2. The molecule has 0 spiro atoms. The van der Waals surface area contributed by atoms with Crippen LogP contribution in [0.25, 0.3) is 0 Å². The maximum Gasteiger partial charge on any atom is 0.407 e. The lowest BCUT2D eigenvalue weighted by Crippen LogP contribution is -2.52. The lowest BCUT2D eigenvalue weighted by Gasteiger charge is -2.36. The molecule has 22 heavy (non-hydrogen) atoms. The minimum Gasteiger partial charge on any atom is -0.504 e.